The maximum Gasteiger partial charge on any atom is 0.257 e. The van der Waals surface area contributed by atoms with E-state index >= 15 is 0 Å². The number of nitrogens with one attached hydrogen (secondary N) is 1. The predicted molar refractivity (Wildman–Crippen MR) is 103 cm³/mol. The Morgan fingerprint density at radius 2 is 2.04 bits per heavy atom. The van der Waals surface area contributed by atoms with E-state index in [-0.39, 0.29) is 5.91 Å². The van der Waals surface area contributed by atoms with Gasteiger partial charge < -0.3 is 5.32 Å². The molecule has 4 nitrogen and oxygen atoms in total. The number of amides is 1. The summed E-state index contributed by atoms with van der Waals surface area (Å²) in [6, 6.07) is 12.3. The number of fused-ring (bicyclic) bond motifs is 1. The Balaban J connectivity index is 1.61. The number of carbonyl (C=O) groups is 1. The van der Waals surface area contributed by atoms with Gasteiger partial charge in [-0.15, -0.1) is 11.3 Å². The summed E-state index contributed by atoms with van der Waals surface area (Å²) in [6.45, 7) is 0. The van der Waals surface area contributed by atoms with E-state index < -0.39 is 0 Å². The molecule has 0 fully saturated rings. The van der Waals surface area contributed by atoms with Gasteiger partial charge in [0.25, 0.3) is 5.91 Å². The van der Waals surface area contributed by atoms with E-state index in [1.165, 1.54) is 0 Å². The molecule has 1 N–H and O–H groups in total. The molecule has 0 radical (unpaired) electrons. The van der Waals surface area contributed by atoms with Crippen LogP contribution in [0.25, 0.3) is 16.2 Å². The third-order valence-corrected chi connectivity index (χ3v) is 5.00. The molecule has 0 aliphatic carbocycles. The molecule has 4 aromatic rings. The van der Waals surface area contributed by atoms with Crippen LogP contribution in [0.2, 0.25) is 10.0 Å². The van der Waals surface area contributed by atoms with Crippen LogP contribution in [0.5, 0.6) is 0 Å². The molecule has 0 aliphatic rings. The number of nitrogens with zero attached hydrogens (tertiary/aromatic N) is 2. The van der Waals surface area contributed by atoms with Crippen LogP contribution in [-0.4, -0.2) is 15.3 Å². The van der Waals surface area contributed by atoms with Crippen LogP contribution in [0.4, 0.5) is 5.69 Å². The van der Waals surface area contributed by atoms with Crippen LogP contribution in [0, 0.1) is 0 Å². The van der Waals surface area contributed by atoms with Gasteiger partial charge in [-0.3, -0.25) is 9.20 Å². The van der Waals surface area contributed by atoms with Gasteiger partial charge in [0.2, 0.25) is 0 Å². The first-order valence-electron chi connectivity index (χ1n) is 7.39. The van der Waals surface area contributed by atoms with Crippen LogP contribution < -0.4 is 5.32 Å². The lowest BCUT2D eigenvalue weighted by atomic mass is 10.1. The zero-order chi connectivity index (χ0) is 17.4. The summed E-state index contributed by atoms with van der Waals surface area (Å²) in [5.74, 6) is -0.287. The van der Waals surface area contributed by atoms with Crippen molar-refractivity contribution in [2.24, 2.45) is 0 Å². The van der Waals surface area contributed by atoms with Crippen LogP contribution in [0.1, 0.15) is 10.4 Å². The van der Waals surface area contributed by atoms with Crippen molar-refractivity contribution in [3.63, 3.8) is 0 Å². The monoisotopic (exact) mass is 387 g/mol. The van der Waals surface area contributed by atoms with Crippen molar-refractivity contribution in [2.45, 2.75) is 0 Å². The quantitative estimate of drug-likeness (QED) is 0.495. The van der Waals surface area contributed by atoms with E-state index in [1.807, 2.05) is 46.4 Å². The van der Waals surface area contributed by atoms with Gasteiger partial charge in [0.15, 0.2) is 4.96 Å². The van der Waals surface area contributed by atoms with E-state index in [9.17, 15) is 4.79 Å². The van der Waals surface area contributed by atoms with Crippen molar-refractivity contribution < 1.29 is 4.79 Å². The fourth-order valence-electron chi connectivity index (χ4n) is 2.49. The van der Waals surface area contributed by atoms with Crippen LogP contribution >= 0.6 is 34.5 Å². The van der Waals surface area contributed by atoms with E-state index in [1.54, 1.807) is 29.5 Å². The lowest BCUT2D eigenvalue weighted by Gasteiger charge is -2.08. The smallest absolute Gasteiger partial charge is 0.257 e. The van der Waals surface area contributed by atoms with Gasteiger partial charge in [-0.2, -0.15) is 0 Å². The molecule has 2 aromatic carbocycles. The molecule has 1 amide bonds. The summed E-state index contributed by atoms with van der Waals surface area (Å²) in [5, 5.41) is 5.65. The summed E-state index contributed by atoms with van der Waals surface area (Å²) in [6.07, 6.45) is 3.92. The van der Waals surface area contributed by atoms with E-state index in [2.05, 4.69) is 10.3 Å². The minimum Gasteiger partial charge on any atom is -0.322 e. The number of carbonyl (C=O) groups excluding carboxylic acids is 1. The molecule has 0 unspecified atom stereocenters. The van der Waals surface area contributed by atoms with Gasteiger partial charge in [-0.05, 0) is 30.3 Å². The molecule has 0 aliphatic heterocycles. The van der Waals surface area contributed by atoms with Gasteiger partial charge >= 0.3 is 0 Å². The standard InChI is InChI=1S/C18H11Cl2N3OS/c19-12-4-5-14(15(20)9-12)17(24)21-13-3-1-2-11(8-13)16-10-23-6-7-25-18(23)22-16/h1-10H,(H,21,24). The first-order chi connectivity index (χ1) is 12.1. The number of aromatic nitrogens is 2. The van der Waals surface area contributed by atoms with Gasteiger partial charge in [-0.25, -0.2) is 4.98 Å². The molecule has 124 valence electrons. The number of hydrogen-bond acceptors (Lipinski definition) is 3. The first-order valence-corrected chi connectivity index (χ1v) is 9.03. The average molecular weight is 388 g/mol. The van der Waals surface area contributed by atoms with E-state index in [0.29, 0.717) is 21.3 Å². The molecule has 0 saturated carbocycles. The van der Waals surface area contributed by atoms with Crippen molar-refractivity contribution in [2.75, 3.05) is 5.32 Å². The maximum absolute atomic E-state index is 12.4. The largest absolute Gasteiger partial charge is 0.322 e. The van der Waals surface area contributed by atoms with Gasteiger partial charge in [-0.1, -0.05) is 35.3 Å². The molecular weight excluding hydrogens is 377 g/mol. The van der Waals surface area contributed by atoms with Crippen molar-refractivity contribution in [1.82, 2.24) is 9.38 Å². The molecular formula is C18H11Cl2N3OS. The molecule has 7 heteroatoms. The molecule has 0 saturated heterocycles. The number of thiazole rings is 1. The lowest BCUT2D eigenvalue weighted by molar-refractivity contribution is 0.102. The second kappa shape index (κ2) is 6.52. The zero-order valence-electron chi connectivity index (χ0n) is 12.7. The molecule has 0 atom stereocenters. The Morgan fingerprint density at radius 1 is 1.16 bits per heavy atom. The Kier molecular flexibility index (Phi) is 4.21. The SMILES string of the molecule is O=C(Nc1cccc(-c2cn3ccsc3n2)c1)c1ccc(Cl)cc1Cl. The fourth-order valence-corrected chi connectivity index (χ4v) is 3.69. The van der Waals surface area contributed by atoms with E-state index in [4.69, 9.17) is 23.2 Å². The third kappa shape index (κ3) is 3.26. The summed E-state index contributed by atoms with van der Waals surface area (Å²) in [5.41, 5.74) is 2.83. The van der Waals surface area contributed by atoms with Crippen molar-refractivity contribution >= 4 is 51.1 Å². The molecule has 2 aromatic heterocycles. The molecule has 4 rings (SSSR count). The topological polar surface area (TPSA) is 46.4 Å². The number of benzene rings is 2. The Morgan fingerprint density at radius 3 is 2.84 bits per heavy atom. The summed E-state index contributed by atoms with van der Waals surface area (Å²) >= 11 is 13.5. The number of rotatable bonds is 3. The maximum atomic E-state index is 12.4. The Bertz CT molecular complexity index is 1060. The van der Waals surface area contributed by atoms with Crippen LogP contribution in [0.15, 0.2) is 60.2 Å². The van der Waals surface area contributed by atoms with Gasteiger partial charge in [0, 0.05) is 34.0 Å². The highest BCUT2D eigenvalue weighted by Crippen LogP contribution is 2.25. The predicted octanol–water partition coefficient (Wildman–Crippen LogP) is 5.62. The van der Waals surface area contributed by atoms with Gasteiger partial charge in [0.1, 0.15) is 0 Å². The van der Waals surface area contributed by atoms with Crippen molar-refractivity contribution in [3.05, 3.63) is 75.8 Å². The lowest BCUT2D eigenvalue weighted by Crippen LogP contribution is -2.12. The highest BCUT2D eigenvalue weighted by molar-refractivity contribution is 7.15. The molecule has 2 heterocycles. The minimum atomic E-state index is -0.287. The number of anilines is 1. The minimum absolute atomic E-state index is 0.287. The Labute approximate surface area is 157 Å². The highest BCUT2D eigenvalue weighted by Gasteiger charge is 2.12. The normalized spacial score (nSPS) is 11.0. The first kappa shape index (κ1) is 16.1. The summed E-state index contributed by atoms with van der Waals surface area (Å²) in [7, 11) is 0. The number of hydrogen-bond donors (Lipinski definition) is 1. The van der Waals surface area contributed by atoms with Crippen LogP contribution in [-0.2, 0) is 0 Å². The zero-order valence-corrected chi connectivity index (χ0v) is 15.1. The molecule has 0 spiro atoms. The van der Waals surface area contributed by atoms with Gasteiger partial charge in [0.05, 0.1) is 16.3 Å². The summed E-state index contributed by atoms with van der Waals surface area (Å²) in [4.78, 5) is 17.9. The molecule has 0 bridgehead atoms. The third-order valence-electron chi connectivity index (χ3n) is 3.69. The summed E-state index contributed by atoms with van der Waals surface area (Å²) < 4.78 is 1.97. The van der Waals surface area contributed by atoms with Crippen molar-refractivity contribution in [3.8, 4) is 11.3 Å². The number of imidazole rings is 1. The van der Waals surface area contributed by atoms with E-state index in [0.717, 1.165) is 16.2 Å². The van der Waals surface area contributed by atoms with Crippen LogP contribution in [0.3, 0.4) is 0 Å². The van der Waals surface area contributed by atoms with Crippen molar-refractivity contribution in [1.29, 1.82) is 0 Å². The second-order valence-corrected chi connectivity index (χ2v) is 7.09. The average Bonchev–Trinajstić information content (AvgIpc) is 3.16. The fraction of sp³-hybridized carbons (Fsp3) is 0. The highest BCUT2D eigenvalue weighted by atomic mass is 35.5. The Hall–Kier alpha value is -2.34. The number of halogens is 2. The second-order valence-electron chi connectivity index (χ2n) is 5.38. The molecule has 25 heavy (non-hydrogen) atoms.